The number of alkyl carbamates (subject to hydrolysis) is 1. The molecule has 3 saturated carbocycles. The molecule has 4 amide bonds. The van der Waals surface area contributed by atoms with Crippen molar-refractivity contribution in [3.63, 3.8) is 0 Å². The molecule has 2 aliphatic heterocycles. The Bertz CT molecular complexity index is 1780. The third-order valence-electron chi connectivity index (χ3n) is 10.4. The number of primary amides is 1. The standard InChI is InChI=1S/C27H33F2N5O5.C8H11F2NO2S.C4H10/c1-15-10-16-6-4-5-9-27(28,29)23-25(33-19-8-3-2-7-18(19)32-23)38-17-12-20(24(30)36)34(14-17)22(35)13-31-26(37)39-21(16)11-15;9-7(10)5-3-6(5)8(12)11-14(13)4-1-2-4;1-4(2)3/h2-3,7-8,15-17,20-21H,4-6,9-14H2,1H3,(H2,30,36)(H,31,37);4-7H,1-3H2,(H,11,12);4H,1-3H3/t15-,16?,17-,20?,21-;5?,6-,14?;/m10./s1. The molecule has 4 N–H and O–H groups in total. The summed E-state index contributed by atoms with van der Waals surface area (Å²) in [6.07, 6.45) is 0.0531. The lowest BCUT2D eigenvalue weighted by Gasteiger charge is -2.24. The van der Waals surface area contributed by atoms with Crippen molar-refractivity contribution in [1.82, 2.24) is 24.9 Å². The largest absolute Gasteiger partial charge is 0.471 e. The van der Waals surface area contributed by atoms with E-state index >= 15 is 8.78 Å². The van der Waals surface area contributed by atoms with Gasteiger partial charge in [-0.05, 0) is 74.8 Å². The van der Waals surface area contributed by atoms with Crippen LogP contribution in [0.1, 0.15) is 97.6 Å². The van der Waals surface area contributed by atoms with Gasteiger partial charge in [0, 0.05) is 24.7 Å². The van der Waals surface area contributed by atoms with Crippen LogP contribution >= 0.6 is 0 Å². The van der Waals surface area contributed by atoms with E-state index in [0.717, 1.165) is 25.2 Å². The molecule has 1 aromatic carbocycles. The second-order valence-corrected chi connectivity index (χ2v) is 17.9. The molecule has 18 heteroatoms. The maximum atomic E-state index is 15.6. The molecule has 3 heterocycles. The first-order valence-electron chi connectivity index (χ1n) is 19.8. The fourth-order valence-electron chi connectivity index (χ4n) is 7.33. The van der Waals surface area contributed by atoms with E-state index in [0.29, 0.717) is 36.2 Å². The normalized spacial score (nSPS) is 29.1. The number of nitrogens with one attached hydrogen (secondary N) is 2. The first-order valence-corrected chi connectivity index (χ1v) is 21.0. The Morgan fingerprint density at radius 3 is 2.28 bits per heavy atom. The van der Waals surface area contributed by atoms with Crippen molar-refractivity contribution in [2.45, 2.75) is 128 Å². The first kappa shape index (κ1) is 44.0. The molecule has 7 rings (SSSR count). The highest BCUT2D eigenvalue weighted by atomic mass is 32.2. The van der Waals surface area contributed by atoms with E-state index in [1.54, 1.807) is 24.3 Å². The van der Waals surface area contributed by atoms with E-state index in [-0.39, 0.29) is 49.0 Å². The van der Waals surface area contributed by atoms with Gasteiger partial charge in [0.2, 0.25) is 30.0 Å². The van der Waals surface area contributed by atoms with Gasteiger partial charge in [0.15, 0.2) is 5.69 Å². The molecule has 2 aromatic rings. The number of fused-ring (bicyclic) bond motifs is 5. The SMILES string of the molecule is CC(C)C.C[C@@H]1CC2CCCCC(F)(F)c3nc4ccccc4nc3O[C@@H]3CC(C(N)=O)N(C3)C(=O)CNC(=O)O[C@@H]2C1.O=C(NS(=O)C1CC1)[C@H]1CC1C(F)F. The van der Waals surface area contributed by atoms with Gasteiger partial charge < -0.3 is 25.4 Å². The molecule has 0 spiro atoms. The molecule has 4 unspecified atom stereocenters. The zero-order valence-corrected chi connectivity index (χ0v) is 33.6. The van der Waals surface area contributed by atoms with E-state index < -0.39 is 89.8 Å². The van der Waals surface area contributed by atoms with Gasteiger partial charge in [-0.1, -0.05) is 46.2 Å². The van der Waals surface area contributed by atoms with Crippen molar-refractivity contribution in [2.75, 3.05) is 13.1 Å². The number of nitrogens with two attached hydrogens (primary N) is 1. The molecule has 8 atom stereocenters. The smallest absolute Gasteiger partial charge is 0.407 e. The highest BCUT2D eigenvalue weighted by Crippen LogP contribution is 2.44. The van der Waals surface area contributed by atoms with Gasteiger partial charge in [0.05, 0.1) is 22.8 Å². The van der Waals surface area contributed by atoms with Crippen molar-refractivity contribution < 1.29 is 50.4 Å². The van der Waals surface area contributed by atoms with Crippen LogP contribution in [0.2, 0.25) is 0 Å². The zero-order valence-electron chi connectivity index (χ0n) is 32.8. The molecular formula is C39H54F4N6O7S. The van der Waals surface area contributed by atoms with Crippen LogP contribution in [-0.4, -0.2) is 85.9 Å². The Hall–Kier alpha value is -4.09. The Morgan fingerprint density at radius 2 is 1.67 bits per heavy atom. The van der Waals surface area contributed by atoms with Crippen molar-refractivity contribution in [3.05, 3.63) is 30.0 Å². The van der Waals surface area contributed by atoms with Crippen LogP contribution in [0, 0.1) is 29.6 Å². The molecule has 316 valence electrons. The number of rotatable bonds is 5. The number of ether oxygens (including phenoxy) is 2. The minimum absolute atomic E-state index is 0.00726. The van der Waals surface area contributed by atoms with E-state index in [1.807, 2.05) is 0 Å². The number of alkyl halides is 4. The van der Waals surface area contributed by atoms with Crippen molar-refractivity contribution in [3.8, 4) is 5.88 Å². The van der Waals surface area contributed by atoms with Crippen LogP contribution in [0.3, 0.4) is 0 Å². The summed E-state index contributed by atoms with van der Waals surface area (Å²) in [4.78, 5) is 58.6. The summed E-state index contributed by atoms with van der Waals surface area (Å²) in [5.41, 5.74) is 5.68. The molecule has 1 aromatic heterocycles. The number of benzene rings is 1. The minimum atomic E-state index is -3.33. The van der Waals surface area contributed by atoms with Crippen LogP contribution < -0.4 is 20.5 Å². The first-order chi connectivity index (χ1) is 26.9. The van der Waals surface area contributed by atoms with Crippen LogP contribution in [0.5, 0.6) is 5.88 Å². The van der Waals surface area contributed by atoms with Crippen molar-refractivity contribution in [2.24, 2.45) is 35.3 Å². The number of carbonyl (C=O) groups excluding carboxylic acids is 4. The second kappa shape index (κ2) is 19.1. The van der Waals surface area contributed by atoms with Crippen LogP contribution in [0.25, 0.3) is 11.0 Å². The lowest BCUT2D eigenvalue weighted by Crippen LogP contribution is -2.48. The van der Waals surface area contributed by atoms with Crippen LogP contribution in [-0.2, 0) is 36.0 Å². The molecule has 13 nitrogen and oxygen atoms in total. The van der Waals surface area contributed by atoms with Crippen molar-refractivity contribution >= 4 is 45.8 Å². The Morgan fingerprint density at radius 1 is 1.00 bits per heavy atom. The third-order valence-corrected chi connectivity index (χ3v) is 11.9. The highest BCUT2D eigenvalue weighted by Gasteiger charge is 2.50. The van der Waals surface area contributed by atoms with Gasteiger partial charge in [-0.2, -0.15) is 8.78 Å². The molecule has 4 fully saturated rings. The fourth-order valence-corrected chi connectivity index (χ4v) is 8.41. The number of para-hydroxylation sites is 2. The maximum absolute atomic E-state index is 15.6. The number of hydrogen-bond acceptors (Lipinski definition) is 9. The molecule has 3 aliphatic carbocycles. The van der Waals surface area contributed by atoms with E-state index in [2.05, 4.69) is 47.7 Å². The Balaban J connectivity index is 0.000000284. The number of aromatic nitrogens is 2. The van der Waals surface area contributed by atoms with Crippen LogP contribution in [0.4, 0.5) is 22.4 Å². The number of amides is 4. The summed E-state index contributed by atoms with van der Waals surface area (Å²) < 4.78 is 80.5. The molecule has 57 heavy (non-hydrogen) atoms. The van der Waals surface area contributed by atoms with Gasteiger partial charge in [-0.15, -0.1) is 0 Å². The fraction of sp³-hybridized carbons (Fsp3) is 0.692. The topological polar surface area (TPSA) is 183 Å². The minimum Gasteiger partial charge on any atom is -0.471 e. The third kappa shape index (κ3) is 12.2. The summed E-state index contributed by atoms with van der Waals surface area (Å²) in [6, 6.07) is 5.65. The highest BCUT2D eigenvalue weighted by molar-refractivity contribution is 7.84. The maximum Gasteiger partial charge on any atom is 0.407 e. The van der Waals surface area contributed by atoms with Gasteiger partial charge >= 0.3 is 6.09 Å². The van der Waals surface area contributed by atoms with Gasteiger partial charge in [0.25, 0.3) is 5.92 Å². The summed E-state index contributed by atoms with van der Waals surface area (Å²) in [5, 5.41) is 2.54. The van der Waals surface area contributed by atoms with E-state index in [9.17, 15) is 32.2 Å². The monoisotopic (exact) mass is 826 g/mol. The Kier molecular flexibility index (Phi) is 14.8. The van der Waals surface area contributed by atoms with E-state index in [1.165, 1.54) is 4.90 Å². The van der Waals surface area contributed by atoms with Gasteiger partial charge in [-0.25, -0.2) is 27.8 Å². The van der Waals surface area contributed by atoms with Crippen LogP contribution in [0.15, 0.2) is 24.3 Å². The molecule has 1 saturated heterocycles. The zero-order chi connectivity index (χ0) is 41.6. The number of halogens is 4. The summed E-state index contributed by atoms with van der Waals surface area (Å²) >= 11 is 0. The number of carbonyl (C=O) groups is 4. The van der Waals surface area contributed by atoms with E-state index in [4.69, 9.17) is 15.2 Å². The lowest BCUT2D eigenvalue weighted by atomic mass is 9.96. The van der Waals surface area contributed by atoms with Gasteiger partial charge in [0.1, 0.15) is 35.8 Å². The number of hydrogen-bond donors (Lipinski definition) is 3. The van der Waals surface area contributed by atoms with Gasteiger partial charge in [-0.3, -0.25) is 19.1 Å². The quantitative estimate of drug-likeness (QED) is 0.316. The average molecular weight is 827 g/mol. The molecular weight excluding hydrogens is 773 g/mol. The predicted molar refractivity (Wildman–Crippen MR) is 203 cm³/mol. The van der Waals surface area contributed by atoms with Crippen molar-refractivity contribution in [1.29, 1.82) is 0 Å². The lowest BCUT2D eigenvalue weighted by molar-refractivity contribution is -0.136. The average Bonchev–Trinajstić information content (AvgIpc) is 4.07. The predicted octanol–water partition coefficient (Wildman–Crippen LogP) is 5.76. The summed E-state index contributed by atoms with van der Waals surface area (Å²) in [7, 11) is -1.34. The second-order valence-electron chi connectivity index (χ2n) is 16.4. The molecule has 0 radical (unpaired) electrons. The summed E-state index contributed by atoms with van der Waals surface area (Å²) in [5.74, 6) is -5.66. The summed E-state index contributed by atoms with van der Waals surface area (Å²) in [6.45, 7) is 8.07. The number of nitrogens with zero attached hydrogens (tertiary/aromatic N) is 3. The Labute approximate surface area is 332 Å². The molecule has 2 bridgehead atoms. The molecule has 5 aliphatic rings.